The summed E-state index contributed by atoms with van der Waals surface area (Å²) in [6.45, 7) is 2.81. The molecule has 1 heterocycles. The molecule has 3 unspecified atom stereocenters. The topological polar surface area (TPSA) is 41.5 Å². The van der Waals surface area contributed by atoms with Crippen LogP contribution >= 0.6 is 0 Å². The lowest BCUT2D eigenvalue weighted by atomic mass is 10.0. The van der Waals surface area contributed by atoms with Crippen LogP contribution in [0.1, 0.15) is 30.6 Å². The van der Waals surface area contributed by atoms with Crippen molar-refractivity contribution in [2.75, 3.05) is 13.2 Å². The molecule has 112 valence electrons. The van der Waals surface area contributed by atoms with Crippen molar-refractivity contribution in [3.05, 3.63) is 35.4 Å². The van der Waals surface area contributed by atoms with Crippen molar-refractivity contribution in [3.63, 3.8) is 0 Å². The molecule has 3 atom stereocenters. The number of aliphatic hydroxyl groups is 1. The number of aliphatic hydroxyl groups excluding tert-OH is 1. The lowest BCUT2D eigenvalue weighted by Gasteiger charge is -2.19. The van der Waals surface area contributed by atoms with Crippen LogP contribution < -0.4 is 5.32 Å². The first kappa shape index (κ1) is 15.3. The molecule has 0 bridgehead atoms. The maximum absolute atomic E-state index is 12.6. The molecule has 1 aromatic rings. The fourth-order valence-electron chi connectivity index (χ4n) is 2.30. The van der Waals surface area contributed by atoms with Gasteiger partial charge in [0.05, 0.1) is 17.8 Å². The average Bonchev–Trinajstić information content (AvgIpc) is 2.81. The van der Waals surface area contributed by atoms with Crippen molar-refractivity contribution >= 4 is 0 Å². The fourth-order valence-corrected chi connectivity index (χ4v) is 2.30. The van der Waals surface area contributed by atoms with E-state index in [4.69, 9.17) is 4.74 Å². The molecular formula is C14H18F3NO2. The van der Waals surface area contributed by atoms with Crippen molar-refractivity contribution in [1.29, 1.82) is 0 Å². The minimum atomic E-state index is -4.39. The lowest BCUT2D eigenvalue weighted by molar-refractivity contribution is -0.137. The van der Waals surface area contributed by atoms with E-state index in [1.807, 2.05) is 6.92 Å². The van der Waals surface area contributed by atoms with E-state index in [0.717, 1.165) is 18.6 Å². The first-order valence-electron chi connectivity index (χ1n) is 6.58. The Kier molecular flexibility index (Phi) is 4.67. The highest BCUT2D eigenvalue weighted by Crippen LogP contribution is 2.30. The van der Waals surface area contributed by atoms with Crippen molar-refractivity contribution in [1.82, 2.24) is 5.32 Å². The van der Waals surface area contributed by atoms with Gasteiger partial charge in [0, 0.05) is 19.2 Å². The third kappa shape index (κ3) is 3.71. The highest BCUT2D eigenvalue weighted by molar-refractivity contribution is 5.27. The van der Waals surface area contributed by atoms with Gasteiger partial charge in [-0.3, -0.25) is 0 Å². The molecule has 6 heteroatoms. The summed E-state index contributed by atoms with van der Waals surface area (Å²) in [6, 6.07) is 4.92. The molecule has 2 N–H and O–H groups in total. The van der Waals surface area contributed by atoms with Crippen LogP contribution in [-0.4, -0.2) is 30.4 Å². The number of alkyl halides is 3. The van der Waals surface area contributed by atoms with Gasteiger partial charge in [-0.15, -0.1) is 0 Å². The third-order valence-electron chi connectivity index (χ3n) is 3.55. The molecule has 1 aliphatic rings. The Morgan fingerprint density at radius 3 is 2.80 bits per heavy atom. The van der Waals surface area contributed by atoms with Crippen LogP contribution in [0, 0.1) is 0 Å². The standard InChI is InChI=1S/C14H18F3NO2/c1-9-12(5-6-20-9)18-8-13(19)10-3-2-4-11(7-10)14(15,16)17/h2-4,7,9,12-13,18-19H,5-6,8H2,1H3. The van der Waals surface area contributed by atoms with Crippen LogP contribution in [0.2, 0.25) is 0 Å². The first-order chi connectivity index (χ1) is 9.38. The maximum Gasteiger partial charge on any atom is 0.416 e. The third-order valence-corrected chi connectivity index (χ3v) is 3.55. The summed E-state index contributed by atoms with van der Waals surface area (Å²) in [4.78, 5) is 0. The summed E-state index contributed by atoms with van der Waals surface area (Å²) >= 11 is 0. The zero-order valence-electron chi connectivity index (χ0n) is 11.2. The Bertz CT molecular complexity index is 450. The average molecular weight is 289 g/mol. The molecule has 0 radical (unpaired) electrons. The van der Waals surface area contributed by atoms with E-state index in [9.17, 15) is 18.3 Å². The van der Waals surface area contributed by atoms with Crippen LogP contribution in [-0.2, 0) is 10.9 Å². The van der Waals surface area contributed by atoms with Crippen molar-refractivity contribution < 1.29 is 23.0 Å². The molecule has 20 heavy (non-hydrogen) atoms. The van der Waals surface area contributed by atoms with Crippen molar-refractivity contribution in [2.45, 2.75) is 37.8 Å². The molecule has 1 saturated heterocycles. The zero-order valence-corrected chi connectivity index (χ0v) is 11.2. The summed E-state index contributed by atoms with van der Waals surface area (Å²) < 4.78 is 43.2. The number of benzene rings is 1. The van der Waals surface area contributed by atoms with E-state index in [1.165, 1.54) is 12.1 Å². The highest BCUT2D eigenvalue weighted by Gasteiger charge is 2.31. The van der Waals surface area contributed by atoms with Gasteiger partial charge in [0.2, 0.25) is 0 Å². The zero-order chi connectivity index (χ0) is 14.8. The number of nitrogens with one attached hydrogen (secondary N) is 1. The molecule has 3 nitrogen and oxygen atoms in total. The van der Waals surface area contributed by atoms with Crippen LogP contribution in [0.25, 0.3) is 0 Å². The first-order valence-corrected chi connectivity index (χ1v) is 6.58. The monoisotopic (exact) mass is 289 g/mol. The Labute approximate surface area is 115 Å². The molecule has 1 fully saturated rings. The minimum absolute atomic E-state index is 0.0590. The fraction of sp³-hybridized carbons (Fsp3) is 0.571. The summed E-state index contributed by atoms with van der Waals surface area (Å²) in [7, 11) is 0. The van der Waals surface area contributed by atoms with Crippen LogP contribution in [0.4, 0.5) is 13.2 Å². The number of ether oxygens (including phenoxy) is 1. The van der Waals surface area contributed by atoms with E-state index < -0.39 is 17.8 Å². The second-order valence-corrected chi connectivity index (χ2v) is 5.02. The van der Waals surface area contributed by atoms with Crippen LogP contribution in [0.15, 0.2) is 24.3 Å². The van der Waals surface area contributed by atoms with Crippen LogP contribution in [0.5, 0.6) is 0 Å². The molecule has 1 aliphatic heterocycles. The Balaban J connectivity index is 1.97. The molecular weight excluding hydrogens is 271 g/mol. The second-order valence-electron chi connectivity index (χ2n) is 5.02. The molecule has 0 amide bonds. The van der Waals surface area contributed by atoms with Gasteiger partial charge in [0.1, 0.15) is 0 Å². The van der Waals surface area contributed by atoms with Gasteiger partial charge >= 0.3 is 6.18 Å². The predicted molar refractivity (Wildman–Crippen MR) is 68.2 cm³/mol. The largest absolute Gasteiger partial charge is 0.416 e. The molecule has 1 aromatic carbocycles. The van der Waals surface area contributed by atoms with Gasteiger partial charge in [-0.1, -0.05) is 12.1 Å². The van der Waals surface area contributed by atoms with Gasteiger partial charge in [0.15, 0.2) is 0 Å². The number of rotatable bonds is 4. The molecule has 0 aromatic heterocycles. The minimum Gasteiger partial charge on any atom is -0.387 e. The number of hydrogen-bond acceptors (Lipinski definition) is 3. The van der Waals surface area contributed by atoms with Gasteiger partial charge in [0.25, 0.3) is 0 Å². The van der Waals surface area contributed by atoms with E-state index in [2.05, 4.69) is 5.32 Å². The van der Waals surface area contributed by atoms with Gasteiger partial charge < -0.3 is 15.2 Å². The molecule has 2 rings (SSSR count). The lowest BCUT2D eigenvalue weighted by Crippen LogP contribution is -2.37. The normalized spacial score (nSPS) is 24.9. The van der Waals surface area contributed by atoms with E-state index in [1.54, 1.807) is 0 Å². The molecule has 0 aliphatic carbocycles. The summed E-state index contributed by atoms with van der Waals surface area (Å²) in [5.74, 6) is 0. The predicted octanol–water partition coefficient (Wildman–Crippen LogP) is 2.51. The smallest absolute Gasteiger partial charge is 0.387 e. The highest BCUT2D eigenvalue weighted by atomic mass is 19.4. The quantitative estimate of drug-likeness (QED) is 0.895. The summed E-state index contributed by atoms with van der Waals surface area (Å²) in [5.41, 5.74) is -0.481. The molecule has 0 saturated carbocycles. The number of halogens is 3. The second kappa shape index (κ2) is 6.11. The van der Waals surface area contributed by atoms with Crippen LogP contribution in [0.3, 0.4) is 0 Å². The Hall–Kier alpha value is -1.11. The van der Waals surface area contributed by atoms with Gasteiger partial charge in [-0.2, -0.15) is 13.2 Å². The SMILES string of the molecule is CC1OCCC1NCC(O)c1cccc(C(F)(F)F)c1. The maximum atomic E-state index is 12.6. The molecule has 0 spiro atoms. The van der Waals surface area contributed by atoms with Crippen molar-refractivity contribution in [2.24, 2.45) is 0 Å². The van der Waals surface area contributed by atoms with Gasteiger partial charge in [-0.25, -0.2) is 0 Å². The number of hydrogen-bond donors (Lipinski definition) is 2. The van der Waals surface area contributed by atoms with Gasteiger partial charge in [-0.05, 0) is 31.0 Å². The van der Waals surface area contributed by atoms with E-state index >= 15 is 0 Å². The summed E-state index contributed by atoms with van der Waals surface area (Å²) in [6.07, 6.45) is -4.46. The van der Waals surface area contributed by atoms with E-state index in [-0.39, 0.29) is 24.3 Å². The Morgan fingerprint density at radius 2 is 2.20 bits per heavy atom. The van der Waals surface area contributed by atoms with E-state index in [0.29, 0.717) is 6.61 Å². The van der Waals surface area contributed by atoms with Crippen molar-refractivity contribution in [3.8, 4) is 0 Å². The summed E-state index contributed by atoms with van der Waals surface area (Å²) in [5, 5.41) is 13.1. The Morgan fingerprint density at radius 1 is 1.45 bits per heavy atom.